The number of carbonyl (C=O) groups excluding carboxylic acids is 1. The maximum Gasteiger partial charge on any atom is 0.255 e. The highest BCUT2D eigenvalue weighted by atomic mass is 79.9. The van der Waals surface area contributed by atoms with E-state index in [1.165, 1.54) is 0 Å². The van der Waals surface area contributed by atoms with Gasteiger partial charge in [0.15, 0.2) is 0 Å². The van der Waals surface area contributed by atoms with Crippen molar-refractivity contribution in [3.05, 3.63) is 57.6 Å². The maximum absolute atomic E-state index is 12.5. The Labute approximate surface area is 146 Å². The van der Waals surface area contributed by atoms with Gasteiger partial charge in [0.2, 0.25) is 0 Å². The Hall–Kier alpha value is -1.81. The van der Waals surface area contributed by atoms with E-state index in [1.807, 2.05) is 31.2 Å². The molecule has 3 nitrogen and oxygen atoms in total. The van der Waals surface area contributed by atoms with Gasteiger partial charge in [-0.3, -0.25) is 4.79 Å². The van der Waals surface area contributed by atoms with E-state index in [4.69, 9.17) is 4.74 Å². The molecule has 2 aromatic rings. The van der Waals surface area contributed by atoms with E-state index in [9.17, 15) is 4.79 Å². The highest BCUT2D eigenvalue weighted by Crippen LogP contribution is 2.27. The summed E-state index contributed by atoms with van der Waals surface area (Å²) in [6.45, 7) is 6.81. The second-order valence-corrected chi connectivity index (χ2v) is 6.26. The summed E-state index contributed by atoms with van der Waals surface area (Å²) in [5.74, 6) is 0.644. The summed E-state index contributed by atoms with van der Waals surface area (Å²) in [6, 6.07) is 11.5. The summed E-state index contributed by atoms with van der Waals surface area (Å²) in [5, 5.41) is 3.04. The average Bonchev–Trinajstić information content (AvgIpc) is 2.55. The fourth-order valence-electron chi connectivity index (χ4n) is 2.36. The summed E-state index contributed by atoms with van der Waals surface area (Å²) >= 11 is 3.47. The zero-order chi connectivity index (χ0) is 16.8. The minimum absolute atomic E-state index is 0.114. The molecule has 2 rings (SSSR count). The van der Waals surface area contributed by atoms with Crippen molar-refractivity contribution in [3.63, 3.8) is 0 Å². The van der Waals surface area contributed by atoms with E-state index in [-0.39, 0.29) is 5.91 Å². The molecule has 23 heavy (non-hydrogen) atoms. The molecule has 0 saturated carbocycles. The lowest BCUT2D eigenvalue weighted by Crippen LogP contribution is -2.14. The van der Waals surface area contributed by atoms with Gasteiger partial charge in [0.25, 0.3) is 5.91 Å². The Morgan fingerprint density at radius 3 is 2.65 bits per heavy atom. The molecule has 0 fully saturated rings. The predicted molar refractivity (Wildman–Crippen MR) is 98.4 cm³/mol. The van der Waals surface area contributed by atoms with Crippen LogP contribution in [0, 0.1) is 6.92 Å². The third-order valence-electron chi connectivity index (χ3n) is 3.63. The van der Waals surface area contributed by atoms with Gasteiger partial charge in [-0.25, -0.2) is 0 Å². The van der Waals surface area contributed by atoms with Crippen LogP contribution in [-0.4, -0.2) is 12.5 Å². The van der Waals surface area contributed by atoms with E-state index in [0.717, 1.165) is 39.9 Å². The summed E-state index contributed by atoms with van der Waals surface area (Å²) in [7, 11) is 0. The lowest BCUT2D eigenvalue weighted by molar-refractivity contribution is 0.102. The van der Waals surface area contributed by atoms with Crippen molar-refractivity contribution in [2.75, 3.05) is 11.9 Å². The first-order chi connectivity index (χ1) is 11.1. The van der Waals surface area contributed by atoms with Gasteiger partial charge < -0.3 is 10.1 Å². The number of para-hydroxylation sites is 1. The van der Waals surface area contributed by atoms with Crippen LogP contribution in [0.5, 0.6) is 5.75 Å². The zero-order valence-corrected chi connectivity index (χ0v) is 15.4. The van der Waals surface area contributed by atoms with Gasteiger partial charge in [-0.1, -0.05) is 32.0 Å². The Kier molecular flexibility index (Phi) is 6.22. The number of rotatable bonds is 6. The molecule has 1 amide bonds. The minimum Gasteiger partial charge on any atom is -0.492 e. The van der Waals surface area contributed by atoms with Crippen LogP contribution < -0.4 is 10.1 Å². The lowest BCUT2D eigenvalue weighted by Gasteiger charge is -2.14. The number of benzene rings is 2. The molecular formula is C19H22BrNO2. The molecular weight excluding hydrogens is 354 g/mol. The molecule has 2 aromatic carbocycles. The minimum atomic E-state index is -0.114. The number of nitrogens with one attached hydrogen (secondary N) is 1. The largest absolute Gasteiger partial charge is 0.492 e. The Bertz CT molecular complexity index is 698. The van der Waals surface area contributed by atoms with Crippen LogP contribution >= 0.6 is 15.9 Å². The second-order valence-electron chi connectivity index (χ2n) is 5.41. The molecule has 122 valence electrons. The fraction of sp³-hybridized carbons (Fsp3) is 0.316. The first-order valence-electron chi connectivity index (χ1n) is 7.89. The average molecular weight is 376 g/mol. The van der Waals surface area contributed by atoms with Gasteiger partial charge in [0, 0.05) is 11.3 Å². The third-order valence-corrected chi connectivity index (χ3v) is 4.25. The van der Waals surface area contributed by atoms with E-state index >= 15 is 0 Å². The number of halogens is 1. The van der Waals surface area contributed by atoms with Crippen LogP contribution in [0.2, 0.25) is 0 Å². The molecule has 0 heterocycles. The molecule has 0 aromatic heterocycles. The van der Waals surface area contributed by atoms with Gasteiger partial charge in [-0.05, 0) is 65.0 Å². The van der Waals surface area contributed by atoms with Crippen molar-refractivity contribution in [3.8, 4) is 5.75 Å². The molecule has 0 unspecified atom stereocenters. The van der Waals surface area contributed by atoms with Crippen LogP contribution in [-0.2, 0) is 6.42 Å². The number of ether oxygens (including phenoxy) is 1. The molecule has 0 spiro atoms. The van der Waals surface area contributed by atoms with Gasteiger partial charge in [0.05, 0.1) is 11.1 Å². The van der Waals surface area contributed by atoms with E-state index in [0.29, 0.717) is 12.2 Å². The normalized spacial score (nSPS) is 10.4. The Morgan fingerprint density at radius 2 is 2.00 bits per heavy atom. The summed E-state index contributed by atoms with van der Waals surface area (Å²) in [5.41, 5.74) is 3.72. The van der Waals surface area contributed by atoms with Crippen LogP contribution in [0.1, 0.15) is 41.8 Å². The molecule has 0 aliphatic heterocycles. The predicted octanol–water partition coefficient (Wildman–Crippen LogP) is 5.36. The lowest BCUT2D eigenvalue weighted by atomic mass is 10.1. The molecule has 0 aliphatic rings. The number of aryl methyl sites for hydroxylation is 2. The number of carbonyl (C=O) groups is 1. The highest BCUT2D eigenvalue weighted by molar-refractivity contribution is 9.10. The fourth-order valence-corrected chi connectivity index (χ4v) is 2.85. The molecule has 4 heteroatoms. The van der Waals surface area contributed by atoms with E-state index in [1.54, 1.807) is 12.1 Å². The van der Waals surface area contributed by atoms with E-state index in [2.05, 4.69) is 35.1 Å². The Balaban J connectivity index is 2.20. The standard InChI is InChI=1S/C19H22BrNO2/c1-4-11-23-17-10-9-15(12-16(17)20)19(22)21-18-13(3)7-6-8-14(18)5-2/h6-10,12H,4-5,11H2,1-3H3,(H,21,22). The van der Waals surface area contributed by atoms with Gasteiger partial charge in [0.1, 0.15) is 5.75 Å². The second kappa shape index (κ2) is 8.16. The Morgan fingerprint density at radius 1 is 1.22 bits per heavy atom. The molecule has 0 saturated heterocycles. The van der Waals surface area contributed by atoms with Crippen molar-refractivity contribution < 1.29 is 9.53 Å². The van der Waals surface area contributed by atoms with E-state index < -0.39 is 0 Å². The van der Waals surface area contributed by atoms with Crippen LogP contribution in [0.3, 0.4) is 0 Å². The first-order valence-corrected chi connectivity index (χ1v) is 8.68. The van der Waals surface area contributed by atoms with Crippen LogP contribution in [0.25, 0.3) is 0 Å². The summed E-state index contributed by atoms with van der Waals surface area (Å²) in [4.78, 5) is 12.5. The van der Waals surface area contributed by atoms with Crippen molar-refractivity contribution in [2.24, 2.45) is 0 Å². The number of anilines is 1. The van der Waals surface area contributed by atoms with Gasteiger partial charge >= 0.3 is 0 Å². The first kappa shape index (κ1) is 17.5. The SMILES string of the molecule is CCCOc1ccc(C(=O)Nc2c(C)cccc2CC)cc1Br. The monoisotopic (exact) mass is 375 g/mol. The highest BCUT2D eigenvalue weighted by Gasteiger charge is 2.12. The summed E-state index contributed by atoms with van der Waals surface area (Å²) < 4.78 is 6.41. The molecule has 0 atom stereocenters. The molecule has 0 bridgehead atoms. The van der Waals surface area contributed by atoms with Crippen LogP contribution in [0.15, 0.2) is 40.9 Å². The van der Waals surface area contributed by atoms with Crippen molar-refractivity contribution >= 4 is 27.5 Å². The van der Waals surface area contributed by atoms with Crippen molar-refractivity contribution in [2.45, 2.75) is 33.6 Å². The number of hydrogen-bond donors (Lipinski definition) is 1. The topological polar surface area (TPSA) is 38.3 Å². The van der Waals surface area contributed by atoms with Crippen molar-refractivity contribution in [1.29, 1.82) is 0 Å². The number of amides is 1. The zero-order valence-electron chi connectivity index (χ0n) is 13.8. The third kappa shape index (κ3) is 4.35. The number of hydrogen-bond acceptors (Lipinski definition) is 2. The smallest absolute Gasteiger partial charge is 0.255 e. The molecule has 0 aliphatic carbocycles. The molecule has 0 radical (unpaired) electrons. The maximum atomic E-state index is 12.5. The van der Waals surface area contributed by atoms with Crippen molar-refractivity contribution in [1.82, 2.24) is 0 Å². The van der Waals surface area contributed by atoms with Gasteiger partial charge in [-0.2, -0.15) is 0 Å². The van der Waals surface area contributed by atoms with Gasteiger partial charge in [-0.15, -0.1) is 0 Å². The van der Waals surface area contributed by atoms with Crippen LogP contribution in [0.4, 0.5) is 5.69 Å². The summed E-state index contributed by atoms with van der Waals surface area (Å²) in [6.07, 6.45) is 1.83. The molecule has 1 N–H and O–H groups in total. The quantitative estimate of drug-likeness (QED) is 0.737.